The topological polar surface area (TPSA) is 95.3 Å². The number of amides is 1. The number of halogens is 2. The van der Waals surface area contributed by atoms with Crippen molar-refractivity contribution in [3.8, 4) is 16.9 Å². The lowest BCUT2D eigenvalue weighted by Crippen LogP contribution is -2.16. The summed E-state index contributed by atoms with van der Waals surface area (Å²) in [6.45, 7) is 6.49. The van der Waals surface area contributed by atoms with Crippen LogP contribution in [-0.2, 0) is 22.7 Å². The first-order chi connectivity index (χ1) is 18.7. The zero-order valence-corrected chi connectivity index (χ0v) is 24.1. The van der Waals surface area contributed by atoms with E-state index in [9.17, 15) is 14.0 Å². The quantitative estimate of drug-likeness (QED) is 0.166. The first-order valence-electron chi connectivity index (χ1n) is 11.9. The van der Waals surface area contributed by atoms with Crippen LogP contribution in [0.15, 0.2) is 46.9 Å². The van der Waals surface area contributed by atoms with Crippen molar-refractivity contribution in [2.45, 2.75) is 39.1 Å². The molecule has 0 aliphatic heterocycles. The fraction of sp³-hybridized carbons (Fsp3) is 0.259. The molecule has 204 valence electrons. The van der Waals surface area contributed by atoms with Gasteiger partial charge < -0.3 is 19.4 Å². The van der Waals surface area contributed by atoms with Gasteiger partial charge in [0.15, 0.2) is 11.0 Å². The molecular weight excluding hydrogens is 563 g/mol. The second-order valence-electron chi connectivity index (χ2n) is 8.51. The van der Waals surface area contributed by atoms with E-state index in [-0.39, 0.29) is 23.3 Å². The largest absolute Gasteiger partial charge is 0.484 e. The zero-order valence-electron chi connectivity index (χ0n) is 21.7. The van der Waals surface area contributed by atoms with Gasteiger partial charge in [0.25, 0.3) is 0 Å². The van der Waals surface area contributed by atoms with E-state index >= 15 is 0 Å². The third-order valence-corrected chi connectivity index (χ3v) is 7.97. The number of rotatable bonds is 10. The van der Waals surface area contributed by atoms with Gasteiger partial charge in [-0.25, -0.2) is 9.18 Å². The molecule has 1 amide bonds. The van der Waals surface area contributed by atoms with Crippen molar-refractivity contribution >= 4 is 51.6 Å². The number of nitrogens with one attached hydrogen (secondary N) is 1. The van der Waals surface area contributed by atoms with Crippen molar-refractivity contribution in [2.24, 2.45) is 0 Å². The predicted octanol–water partition coefficient (Wildman–Crippen LogP) is 6.53. The summed E-state index contributed by atoms with van der Waals surface area (Å²) in [4.78, 5) is 25.6. The Kier molecular flexibility index (Phi) is 9.26. The highest BCUT2D eigenvalue weighted by molar-refractivity contribution is 7.99. The molecule has 4 aromatic rings. The van der Waals surface area contributed by atoms with Crippen LogP contribution in [0.5, 0.6) is 5.75 Å². The van der Waals surface area contributed by atoms with Crippen LogP contribution in [-0.4, -0.2) is 39.5 Å². The lowest BCUT2D eigenvalue weighted by atomic mass is 9.97. The molecule has 4 rings (SSSR count). The Labute approximate surface area is 238 Å². The Morgan fingerprint density at radius 3 is 2.67 bits per heavy atom. The number of esters is 1. The number of nitrogens with zero attached hydrogens (tertiary/aromatic N) is 3. The molecule has 1 N–H and O–H groups in total. The Morgan fingerprint density at radius 2 is 1.95 bits per heavy atom. The minimum absolute atomic E-state index is 0.0418. The van der Waals surface area contributed by atoms with Gasteiger partial charge in [-0.2, -0.15) is 0 Å². The Morgan fingerprint density at radius 1 is 1.15 bits per heavy atom. The van der Waals surface area contributed by atoms with Crippen molar-refractivity contribution in [2.75, 3.05) is 18.2 Å². The molecule has 0 atom stereocenters. The molecule has 8 nitrogen and oxygen atoms in total. The number of benzene rings is 2. The standard InChI is InChI=1S/C27H26ClFN4O4S2/c1-5-33-22(12-37-21-9-8-17(29)11-20(21)28)31-32-27(33)39-14-23(34)30-25-24(26(35)36-4)19(13-38-25)18-10-15(2)6-7-16(18)3/h6-11,13H,5,12,14H2,1-4H3,(H,30,34). The summed E-state index contributed by atoms with van der Waals surface area (Å²) in [6.07, 6.45) is 0. The summed E-state index contributed by atoms with van der Waals surface area (Å²) in [5, 5.41) is 14.2. The maximum Gasteiger partial charge on any atom is 0.341 e. The van der Waals surface area contributed by atoms with E-state index in [1.165, 1.54) is 48.4 Å². The Balaban J connectivity index is 1.45. The van der Waals surface area contributed by atoms with Crippen molar-refractivity contribution in [1.82, 2.24) is 14.8 Å². The molecule has 2 aromatic heterocycles. The molecule has 0 bridgehead atoms. The molecule has 0 unspecified atom stereocenters. The summed E-state index contributed by atoms with van der Waals surface area (Å²) in [5.74, 6) is -0.378. The number of hydrogen-bond acceptors (Lipinski definition) is 8. The number of anilines is 1. The monoisotopic (exact) mass is 588 g/mol. The summed E-state index contributed by atoms with van der Waals surface area (Å²) in [6, 6.07) is 9.89. The van der Waals surface area contributed by atoms with Gasteiger partial charge in [-0.1, -0.05) is 47.1 Å². The lowest BCUT2D eigenvalue weighted by Gasteiger charge is -2.11. The van der Waals surface area contributed by atoms with Gasteiger partial charge in [-0.15, -0.1) is 21.5 Å². The number of ether oxygens (including phenoxy) is 2. The smallest absolute Gasteiger partial charge is 0.341 e. The summed E-state index contributed by atoms with van der Waals surface area (Å²) < 4.78 is 25.8. The number of thiophene rings is 1. The number of carbonyl (C=O) groups is 2. The van der Waals surface area contributed by atoms with Crippen molar-refractivity contribution < 1.29 is 23.5 Å². The van der Waals surface area contributed by atoms with Gasteiger partial charge in [-0.3, -0.25) is 4.79 Å². The number of methoxy groups -OCH3 is 1. The highest BCUT2D eigenvalue weighted by atomic mass is 35.5. The second kappa shape index (κ2) is 12.6. The Bertz CT molecular complexity index is 1520. The maximum absolute atomic E-state index is 13.3. The van der Waals surface area contributed by atoms with E-state index in [0.717, 1.165) is 16.7 Å². The summed E-state index contributed by atoms with van der Waals surface area (Å²) in [5.41, 5.74) is 4.02. The third kappa shape index (κ3) is 6.60. The molecule has 0 spiro atoms. The molecule has 39 heavy (non-hydrogen) atoms. The lowest BCUT2D eigenvalue weighted by molar-refractivity contribution is -0.113. The van der Waals surface area contributed by atoms with E-state index in [1.807, 2.05) is 48.9 Å². The predicted molar refractivity (Wildman–Crippen MR) is 151 cm³/mol. The third-order valence-electron chi connectivity index (χ3n) is 5.81. The highest BCUT2D eigenvalue weighted by Crippen LogP contribution is 2.38. The van der Waals surface area contributed by atoms with Gasteiger partial charge in [-0.05, 0) is 50.1 Å². The number of carbonyl (C=O) groups excluding carboxylic acids is 2. The van der Waals surface area contributed by atoms with Crippen LogP contribution in [0.25, 0.3) is 11.1 Å². The van der Waals surface area contributed by atoms with Crippen LogP contribution in [0.4, 0.5) is 9.39 Å². The van der Waals surface area contributed by atoms with E-state index in [2.05, 4.69) is 15.5 Å². The molecule has 12 heteroatoms. The first-order valence-corrected chi connectivity index (χ1v) is 14.2. The number of aryl methyl sites for hydroxylation is 2. The normalized spacial score (nSPS) is 10.9. The minimum Gasteiger partial charge on any atom is -0.484 e. The van der Waals surface area contributed by atoms with Gasteiger partial charge >= 0.3 is 5.97 Å². The van der Waals surface area contributed by atoms with E-state index in [1.54, 1.807) is 0 Å². The first kappa shape index (κ1) is 28.6. The SMILES string of the molecule is CCn1c(COc2ccc(F)cc2Cl)nnc1SCC(=O)Nc1scc(-c2cc(C)ccc2C)c1C(=O)OC. The molecule has 0 radical (unpaired) electrons. The molecule has 0 saturated heterocycles. The van der Waals surface area contributed by atoms with Gasteiger partial charge in [0.1, 0.15) is 28.7 Å². The van der Waals surface area contributed by atoms with E-state index in [4.69, 9.17) is 21.1 Å². The zero-order chi connectivity index (χ0) is 28.1. The molecular formula is C27H26ClFN4O4S2. The molecule has 0 aliphatic carbocycles. The average molecular weight is 589 g/mol. The van der Waals surface area contributed by atoms with Crippen LogP contribution >= 0.6 is 34.7 Å². The highest BCUT2D eigenvalue weighted by Gasteiger charge is 2.24. The molecule has 0 saturated carbocycles. The van der Waals surface area contributed by atoms with Crippen LogP contribution in [0.2, 0.25) is 5.02 Å². The van der Waals surface area contributed by atoms with Gasteiger partial charge in [0, 0.05) is 17.5 Å². The number of thioether (sulfide) groups is 1. The number of aromatic nitrogens is 3. The van der Waals surface area contributed by atoms with Crippen LogP contribution in [0.1, 0.15) is 34.2 Å². The fourth-order valence-corrected chi connectivity index (χ4v) is 5.86. The molecule has 2 aromatic carbocycles. The maximum atomic E-state index is 13.3. The summed E-state index contributed by atoms with van der Waals surface area (Å²) in [7, 11) is 1.32. The van der Waals surface area contributed by atoms with Crippen molar-refractivity contribution in [3.63, 3.8) is 0 Å². The second-order valence-corrected chi connectivity index (χ2v) is 10.7. The molecule has 2 heterocycles. The van der Waals surface area contributed by atoms with Crippen LogP contribution in [0.3, 0.4) is 0 Å². The van der Waals surface area contributed by atoms with Crippen molar-refractivity contribution in [1.29, 1.82) is 0 Å². The minimum atomic E-state index is -0.522. The van der Waals surface area contributed by atoms with Gasteiger partial charge in [0.2, 0.25) is 5.91 Å². The van der Waals surface area contributed by atoms with E-state index in [0.29, 0.717) is 39.4 Å². The Hall–Kier alpha value is -3.41. The number of hydrogen-bond donors (Lipinski definition) is 1. The van der Waals surface area contributed by atoms with Crippen LogP contribution in [0, 0.1) is 19.7 Å². The van der Waals surface area contributed by atoms with Crippen LogP contribution < -0.4 is 10.1 Å². The molecule has 0 fully saturated rings. The van der Waals surface area contributed by atoms with Gasteiger partial charge in [0.05, 0.1) is 17.9 Å². The van der Waals surface area contributed by atoms with E-state index < -0.39 is 11.8 Å². The summed E-state index contributed by atoms with van der Waals surface area (Å²) >= 11 is 8.51. The molecule has 0 aliphatic rings. The van der Waals surface area contributed by atoms with Crippen molar-refractivity contribution in [3.05, 3.63) is 75.1 Å². The average Bonchev–Trinajstić information content (AvgIpc) is 3.51. The fourth-order valence-electron chi connectivity index (χ4n) is 3.86.